The molecular formula is C12H20N6O. The number of carbonyl (C=O) groups excluding carboxylic acids is 1. The van der Waals surface area contributed by atoms with Crippen molar-refractivity contribution in [2.45, 2.75) is 13.3 Å². The zero-order chi connectivity index (χ0) is 13.7. The molecule has 0 atom stereocenters. The Morgan fingerprint density at radius 3 is 3.05 bits per heavy atom. The maximum absolute atomic E-state index is 11.4. The van der Waals surface area contributed by atoms with E-state index < -0.39 is 0 Å². The van der Waals surface area contributed by atoms with Crippen LogP contribution in [0.25, 0.3) is 0 Å². The summed E-state index contributed by atoms with van der Waals surface area (Å²) in [5.74, 6) is 1.52. The number of hydrogen-bond donors (Lipinski definition) is 3. The Morgan fingerprint density at radius 1 is 1.53 bits per heavy atom. The number of nitrogens with two attached hydrogens (primary N) is 1. The predicted molar refractivity (Wildman–Crippen MR) is 73.0 cm³/mol. The Bertz CT molecular complexity index is 450. The Morgan fingerprint density at radius 2 is 2.37 bits per heavy atom. The Hall–Kier alpha value is -1.89. The van der Waals surface area contributed by atoms with Gasteiger partial charge in [-0.15, -0.1) is 0 Å². The van der Waals surface area contributed by atoms with Crippen molar-refractivity contribution in [3.63, 3.8) is 0 Å². The van der Waals surface area contributed by atoms with Crippen LogP contribution < -0.4 is 16.4 Å². The van der Waals surface area contributed by atoms with Gasteiger partial charge in [0.25, 0.3) is 0 Å². The molecule has 2 rings (SSSR count). The van der Waals surface area contributed by atoms with Gasteiger partial charge in [0.1, 0.15) is 11.6 Å². The van der Waals surface area contributed by atoms with E-state index in [-0.39, 0.29) is 6.03 Å². The molecule has 1 aromatic heterocycles. The third-order valence-corrected chi connectivity index (χ3v) is 2.92. The number of anilines is 1. The number of aryl methyl sites for hydroxylation is 1. The smallest absolute Gasteiger partial charge is 0.317 e. The number of aromatic nitrogens is 2. The summed E-state index contributed by atoms with van der Waals surface area (Å²) in [6.45, 7) is 5.27. The fourth-order valence-electron chi connectivity index (χ4n) is 2.04. The second kappa shape index (κ2) is 6.33. The molecule has 1 aliphatic rings. The molecule has 19 heavy (non-hydrogen) atoms. The van der Waals surface area contributed by atoms with Crippen LogP contribution in [0.4, 0.5) is 10.6 Å². The SMILES string of the molecule is Cc1nc(CCN)cc(NCCN2CCNC2=O)n1. The second-order valence-electron chi connectivity index (χ2n) is 4.48. The zero-order valence-electron chi connectivity index (χ0n) is 11.1. The summed E-state index contributed by atoms with van der Waals surface area (Å²) < 4.78 is 0. The molecule has 1 aliphatic heterocycles. The molecule has 7 heteroatoms. The monoisotopic (exact) mass is 264 g/mol. The number of amides is 2. The lowest BCUT2D eigenvalue weighted by molar-refractivity contribution is 0.219. The van der Waals surface area contributed by atoms with Gasteiger partial charge in [0.05, 0.1) is 0 Å². The highest BCUT2D eigenvalue weighted by atomic mass is 16.2. The van der Waals surface area contributed by atoms with Gasteiger partial charge in [-0.1, -0.05) is 0 Å². The van der Waals surface area contributed by atoms with Crippen LogP contribution >= 0.6 is 0 Å². The van der Waals surface area contributed by atoms with Crippen LogP contribution in [0.3, 0.4) is 0 Å². The van der Waals surface area contributed by atoms with Gasteiger partial charge in [0.2, 0.25) is 0 Å². The van der Waals surface area contributed by atoms with Crippen molar-refractivity contribution in [1.29, 1.82) is 0 Å². The molecule has 0 unspecified atom stereocenters. The van der Waals surface area contributed by atoms with Crippen molar-refractivity contribution in [2.24, 2.45) is 5.73 Å². The van der Waals surface area contributed by atoms with Crippen LogP contribution in [0.1, 0.15) is 11.5 Å². The molecule has 4 N–H and O–H groups in total. The van der Waals surface area contributed by atoms with Gasteiger partial charge >= 0.3 is 6.03 Å². The molecule has 2 amide bonds. The lowest BCUT2D eigenvalue weighted by Gasteiger charge is -2.15. The molecule has 1 saturated heterocycles. The maximum Gasteiger partial charge on any atom is 0.317 e. The first-order valence-corrected chi connectivity index (χ1v) is 6.50. The van der Waals surface area contributed by atoms with E-state index in [1.807, 2.05) is 13.0 Å². The zero-order valence-corrected chi connectivity index (χ0v) is 11.1. The Labute approximate surface area is 112 Å². The molecule has 0 saturated carbocycles. The fraction of sp³-hybridized carbons (Fsp3) is 0.583. The Kier molecular flexibility index (Phi) is 4.51. The minimum Gasteiger partial charge on any atom is -0.368 e. The van der Waals surface area contributed by atoms with Crippen LogP contribution in [0, 0.1) is 6.92 Å². The maximum atomic E-state index is 11.4. The summed E-state index contributed by atoms with van der Waals surface area (Å²) in [7, 11) is 0. The summed E-state index contributed by atoms with van der Waals surface area (Å²) in [5, 5.41) is 5.99. The first-order chi connectivity index (χ1) is 9.19. The summed E-state index contributed by atoms with van der Waals surface area (Å²) in [5.41, 5.74) is 6.47. The first-order valence-electron chi connectivity index (χ1n) is 6.50. The van der Waals surface area contributed by atoms with Crippen molar-refractivity contribution in [1.82, 2.24) is 20.2 Å². The predicted octanol–water partition coefficient (Wildman–Crippen LogP) is -0.277. The molecule has 0 radical (unpaired) electrons. The number of carbonyl (C=O) groups is 1. The van der Waals surface area contributed by atoms with Crippen molar-refractivity contribution >= 4 is 11.8 Å². The van der Waals surface area contributed by atoms with E-state index in [9.17, 15) is 4.79 Å². The molecule has 0 aromatic carbocycles. The molecule has 7 nitrogen and oxygen atoms in total. The topological polar surface area (TPSA) is 96.2 Å². The largest absolute Gasteiger partial charge is 0.368 e. The van der Waals surface area contributed by atoms with E-state index >= 15 is 0 Å². The van der Waals surface area contributed by atoms with Crippen LogP contribution in [0.5, 0.6) is 0 Å². The van der Waals surface area contributed by atoms with Gasteiger partial charge in [-0.25, -0.2) is 14.8 Å². The molecular weight excluding hydrogens is 244 g/mol. The van der Waals surface area contributed by atoms with Crippen molar-refractivity contribution in [3.05, 3.63) is 17.6 Å². The highest BCUT2D eigenvalue weighted by Gasteiger charge is 2.18. The normalized spacial score (nSPS) is 14.6. The van der Waals surface area contributed by atoms with Crippen LogP contribution in [0.15, 0.2) is 6.07 Å². The van der Waals surface area contributed by atoms with E-state index in [0.29, 0.717) is 19.6 Å². The van der Waals surface area contributed by atoms with Gasteiger partial charge in [0.15, 0.2) is 0 Å². The summed E-state index contributed by atoms with van der Waals surface area (Å²) in [4.78, 5) is 21.8. The molecule has 2 heterocycles. The van der Waals surface area contributed by atoms with Crippen molar-refractivity contribution in [2.75, 3.05) is 38.0 Å². The van der Waals surface area contributed by atoms with Crippen LogP contribution in [0.2, 0.25) is 0 Å². The molecule has 1 aromatic rings. The van der Waals surface area contributed by atoms with Gasteiger partial charge in [-0.3, -0.25) is 0 Å². The van der Waals surface area contributed by atoms with E-state index in [2.05, 4.69) is 20.6 Å². The summed E-state index contributed by atoms with van der Waals surface area (Å²) in [6.07, 6.45) is 0.743. The molecule has 0 spiro atoms. The minimum absolute atomic E-state index is 0.00416. The average Bonchev–Trinajstić information content (AvgIpc) is 2.75. The Balaban J connectivity index is 1.86. The molecule has 0 bridgehead atoms. The van der Waals surface area contributed by atoms with Gasteiger partial charge in [-0.05, 0) is 13.5 Å². The number of nitrogens with zero attached hydrogens (tertiary/aromatic N) is 3. The molecule has 0 aliphatic carbocycles. The van der Waals surface area contributed by atoms with E-state index in [4.69, 9.17) is 5.73 Å². The number of urea groups is 1. The lowest BCUT2D eigenvalue weighted by atomic mass is 10.3. The highest BCUT2D eigenvalue weighted by Crippen LogP contribution is 2.07. The van der Waals surface area contributed by atoms with Gasteiger partial charge in [-0.2, -0.15) is 0 Å². The van der Waals surface area contributed by atoms with Crippen LogP contribution in [-0.2, 0) is 6.42 Å². The molecule has 1 fully saturated rings. The van der Waals surface area contributed by atoms with Crippen molar-refractivity contribution < 1.29 is 4.79 Å². The number of hydrogen-bond acceptors (Lipinski definition) is 5. The second-order valence-corrected chi connectivity index (χ2v) is 4.48. The first kappa shape index (κ1) is 13.5. The van der Waals surface area contributed by atoms with E-state index in [1.165, 1.54) is 0 Å². The number of nitrogens with one attached hydrogen (secondary N) is 2. The number of rotatable bonds is 6. The lowest BCUT2D eigenvalue weighted by Crippen LogP contribution is -2.32. The third-order valence-electron chi connectivity index (χ3n) is 2.92. The fourth-order valence-corrected chi connectivity index (χ4v) is 2.04. The van der Waals surface area contributed by atoms with Crippen molar-refractivity contribution in [3.8, 4) is 0 Å². The average molecular weight is 264 g/mol. The standard InChI is InChI=1S/C12H20N6O/c1-9-16-10(2-3-13)8-11(17-9)14-4-6-18-7-5-15-12(18)19/h8H,2-7,13H2,1H3,(H,15,19)(H,14,16,17). The third kappa shape index (κ3) is 3.78. The van der Waals surface area contributed by atoms with Gasteiger partial charge < -0.3 is 21.3 Å². The summed E-state index contributed by atoms with van der Waals surface area (Å²) >= 11 is 0. The quantitative estimate of drug-likeness (QED) is 0.657. The molecule has 104 valence electrons. The highest BCUT2D eigenvalue weighted by molar-refractivity contribution is 5.76. The summed E-state index contributed by atoms with van der Waals surface area (Å²) in [6, 6.07) is 1.91. The minimum atomic E-state index is 0.00416. The van der Waals surface area contributed by atoms with Gasteiger partial charge in [0, 0.05) is 44.4 Å². The van der Waals surface area contributed by atoms with E-state index in [1.54, 1.807) is 4.90 Å². The van der Waals surface area contributed by atoms with Crippen LogP contribution in [-0.4, -0.2) is 53.6 Å². The van der Waals surface area contributed by atoms with E-state index in [0.717, 1.165) is 36.8 Å².